The number of ether oxygens (including phenoxy) is 1. The van der Waals surface area contributed by atoms with E-state index in [0.717, 1.165) is 48.8 Å². The average Bonchev–Trinajstić information content (AvgIpc) is 3.05. The lowest BCUT2D eigenvalue weighted by atomic mass is 10.2. The fourth-order valence-electron chi connectivity index (χ4n) is 3.69. The van der Waals surface area contributed by atoms with Gasteiger partial charge in [-0.3, -0.25) is 0 Å². The molecule has 0 N–H and O–H groups in total. The molecule has 1 fully saturated rings. The van der Waals surface area contributed by atoms with E-state index in [1.54, 1.807) is 24.3 Å². The van der Waals surface area contributed by atoms with E-state index in [0.29, 0.717) is 24.1 Å². The summed E-state index contributed by atoms with van der Waals surface area (Å²) in [5, 5.41) is -0.0338. The molecular formula is C23H25BrN2O4S. The van der Waals surface area contributed by atoms with Gasteiger partial charge in [-0.15, -0.1) is 0 Å². The molecule has 1 aliphatic rings. The Kier molecular flexibility index (Phi) is 6.67. The number of hydrogen-bond acceptors (Lipinski definition) is 6. The second-order valence-corrected chi connectivity index (χ2v) is 10.2. The van der Waals surface area contributed by atoms with E-state index >= 15 is 0 Å². The zero-order valence-electron chi connectivity index (χ0n) is 17.4. The number of oxazole rings is 1. The highest BCUT2D eigenvalue weighted by atomic mass is 79.9. The van der Waals surface area contributed by atoms with Crippen molar-refractivity contribution in [1.82, 2.24) is 4.98 Å². The maximum atomic E-state index is 13.6. The number of halogens is 1. The number of anilines is 1. The first-order chi connectivity index (χ1) is 15.0. The molecule has 0 unspecified atom stereocenters. The number of benzene rings is 2. The molecule has 4 rings (SSSR count). The molecule has 0 radical (unpaired) electrons. The molecule has 0 aliphatic carbocycles. The molecule has 164 valence electrons. The monoisotopic (exact) mass is 504 g/mol. The number of rotatable bonds is 6. The van der Waals surface area contributed by atoms with Gasteiger partial charge in [0.05, 0.1) is 11.5 Å². The first-order valence-corrected chi connectivity index (χ1v) is 12.8. The van der Waals surface area contributed by atoms with Gasteiger partial charge in [-0.05, 0) is 62.2 Å². The molecule has 31 heavy (non-hydrogen) atoms. The molecule has 1 aromatic heterocycles. The van der Waals surface area contributed by atoms with Gasteiger partial charge in [0.2, 0.25) is 26.6 Å². The molecule has 8 heteroatoms. The Morgan fingerprint density at radius 2 is 1.77 bits per heavy atom. The van der Waals surface area contributed by atoms with E-state index in [1.165, 1.54) is 0 Å². The van der Waals surface area contributed by atoms with Crippen molar-refractivity contribution in [1.29, 1.82) is 0 Å². The predicted molar refractivity (Wildman–Crippen MR) is 123 cm³/mol. The van der Waals surface area contributed by atoms with E-state index in [9.17, 15) is 8.42 Å². The van der Waals surface area contributed by atoms with Crippen LogP contribution in [0.5, 0.6) is 5.75 Å². The molecule has 0 atom stereocenters. The zero-order chi connectivity index (χ0) is 21.8. The minimum absolute atomic E-state index is 0.0338. The van der Waals surface area contributed by atoms with Crippen molar-refractivity contribution in [2.75, 3.05) is 24.6 Å². The predicted octanol–water partition coefficient (Wildman–Crippen LogP) is 5.72. The van der Waals surface area contributed by atoms with Gasteiger partial charge in [-0.25, -0.2) is 8.42 Å². The van der Waals surface area contributed by atoms with Crippen molar-refractivity contribution < 1.29 is 17.6 Å². The van der Waals surface area contributed by atoms with E-state index < -0.39 is 9.84 Å². The summed E-state index contributed by atoms with van der Waals surface area (Å²) in [6, 6.07) is 13.9. The van der Waals surface area contributed by atoms with Gasteiger partial charge in [0.1, 0.15) is 5.75 Å². The zero-order valence-corrected chi connectivity index (χ0v) is 19.8. The van der Waals surface area contributed by atoms with Crippen LogP contribution in [0.25, 0.3) is 11.5 Å². The maximum absolute atomic E-state index is 13.6. The third-order valence-corrected chi connectivity index (χ3v) is 7.40. The molecule has 2 heterocycles. The lowest BCUT2D eigenvalue weighted by Gasteiger charge is -2.20. The molecule has 1 aliphatic heterocycles. The highest BCUT2D eigenvalue weighted by Gasteiger charge is 2.31. The van der Waals surface area contributed by atoms with Gasteiger partial charge in [0.25, 0.3) is 0 Å². The van der Waals surface area contributed by atoms with Crippen LogP contribution in [0.15, 0.2) is 67.3 Å². The largest absolute Gasteiger partial charge is 0.494 e. The van der Waals surface area contributed by atoms with Crippen molar-refractivity contribution in [3.05, 3.63) is 53.0 Å². The van der Waals surface area contributed by atoms with Crippen LogP contribution >= 0.6 is 15.9 Å². The summed E-state index contributed by atoms with van der Waals surface area (Å²) < 4.78 is 39.6. The fourth-order valence-corrected chi connectivity index (χ4v) is 5.41. The van der Waals surface area contributed by atoms with Crippen LogP contribution in [0.2, 0.25) is 0 Å². The number of hydrogen-bond donors (Lipinski definition) is 0. The Balaban J connectivity index is 1.80. The van der Waals surface area contributed by atoms with E-state index in [-0.39, 0.29) is 9.92 Å². The van der Waals surface area contributed by atoms with Crippen molar-refractivity contribution in [2.24, 2.45) is 0 Å². The summed E-state index contributed by atoms with van der Waals surface area (Å²) in [6.07, 6.45) is 4.25. The maximum Gasteiger partial charge on any atom is 0.236 e. The van der Waals surface area contributed by atoms with Gasteiger partial charge in [0.15, 0.2) is 0 Å². The van der Waals surface area contributed by atoms with Crippen LogP contribution < -0.4 is 9.64 Å². The summed E-state index contributed by atoms with van der Waals surface area (Å²) in [5.41, 5.74) is 0.721. The van der Waals surface area contributed by atoms with Crippen LogP contribution in [0, 0.1) is 0 Å². The molecule has 3 aromatic rings. The summed E-state index contributed by atoms with van der Waals surface area (Å²) in [6.45, 7) is 3.90. The van der Waals surface area contributed by atoms with Crippen molar-refractivity contribution in [2.45, 2.75) is 42.5 Å². The number of nitrogens with zero attached hydrogens (tertiary/aromatic N) is 2. The third-order valence-electron chi connectivity index (χ3n) is 5.24. The van der Waals surface area contributed by atoms with Crippen molar-refractivity contribution in [3.8, 4) is 17.2 Å². The van der Waals surface area contributed by atoms with Crippen LogP contribution in [-0.4, -0.2) is 33.1 Å². The van der Waals surface area contributed by atoms with Crippen LogP contribution in [0.3, 0.4) is 0 Å². The molecule has 2 aromatic carbocycles. The van der Waals surface area contributed by atoms with Gasteiger partial charge in [-0.2, -0.15) is 4.98 Å². The van der Waals surface area contributed by atoms with Crippen molar-refractivity contribution >= 4 is 31.7 Å². The molecule has 0 saturated carbocycles. The van der Waals surface area contributed by atoms with Crippen LogP contribution in [0.1, 0.15) is 32.6 Å². The van der Waals surface area contributed by atoms with Crippen molar-refractivity contribution in [3.63, 3.8) is 0 Å². The second kappa shape index (κ2) is 9.44. The van der Waals surface area contributed by atoms with Gasteiger partial charge in [0, 0.05) is 23.1 Å². The molecular weight excluding hydrogens is 480 g/mol. The summed E-state index contributed by atoms with van der Waals surface area (Å²) >= 11 is 3.46. The second-order valence-electron chi connectivity index (χ2n) is 7.45. The van der Waals surface area contributed by atoms with E-state index in [4.69, 9.17) is 9.15 Å². The number of aromatic nitrogens is 1. The van der Waals surface area contributed by atoms with Crippen LogP contribution in [0.4, 0.5) is 5.88 Å². The van der Waals surface area contributed by atoms with Crippen LogP contribution in [-0.2, 0) is 9.84 Å². The Morgan fingerprint density at radius 3 is 2.42 bits per heavy atom. The minimum atomic E-state index is -3.87. The first kappa shape index (κ1) is 21.9. The summed E-state index contributed by atoms with van der Waals surface area (Å²) in [7, 11) is -3.87. The molecule has 0 amide bonds. The lowest BCUT2D eigenvalue weighted by Crippen LogP contribution is -2.25. The molecule has 0 spiro atoms. The van der Waals surface area contributed by atoms with E-state index in [2.05, 4.69) is 20.9 Å². The van der Waals surface area contributed by atoms with E-state index in [1.807, 2.05) is 36.1 Å². The SMILES string of the molecule is CCOc1ccc(S(=O)(=O)c2nc(-c3cccc(Br)c3)oc2N2CCCCCC2)cc1. The molecule has 0 bridgehead atoms. The van der Waals surface area contributed by atoms with Gasteiger partial charge >= 0.3 is 0 Å². The molecule has 6 nitrogen and oxygen atoms in total. The quantitative estimate of drug-likeness (QED) is 0.427. The Bertz CT molecular complexity index is 1130. The smallest absolute Gasteiger partial charge is 0.236 e. The fraction of sp³-hybridized carbons (Fsp3) is 0.348. The molecule has 1 saturated heterocycles. The topological polar surface area (TPSA) is 72.6 Å². The third kappa shape index (κ3) is 4.80. The Labute approximate surface area is 191 Å². The standard InChI is InChI=1S/C23H25BrN2O4S/c1-2-29-19-10-12-20(13-11-19)31(27,28)22-23(26-14-5-3-4-6-15-26)30-21(25-22)17-8-7-9-18(24)16-17/h7-13,16H,2-6,14-15H2,1H3. The van der Waals surface area contributed by atoms with Gasteiger partial charge in [-0.1, -0.05) is 34.8 Å². The lowest BCUT2D eigenvalue weighted by molar-refractivity contribution is 0.340. The highest BCUT2D eigenvalue weighted by molar-refractivity contribution is 9.10. The Hall–Kier alpha value is -2.32. The highest BCUT2D eigenvalue weighted by Crippen LogP contribution is 2.36. The minimum Gasteiger partial charge on any atom is -0.494 e. The summed E-state index contributed by atoms with van der Waals surface area (Å²) in [4.78, 5) is 6.67. The van der Waals surface area contributed by atoms with Gasteiger partial charge < -0.3 is 14.1 Å². The Morgan fingerprint density at radius 1 is 1.06 bits per heavy atom. The average molecular weight is 505 g/mol. The normalized spacial score (nSPS) is 15.0. The summed E-state index contributed by atoms with van der Waals surface area (Å²) in [5.74, 6) is 1.25. The number of sulfone groups is 1. The first-order valence-electron chi connectivity index (χ1n) is 10.5.